The Hall–Kier alpha value is -5.01. The maximum Gasteiger partial charge on any atom is 0.338 e. The zero-order valence-corrected chi connectivity index (χ0v) is 24.2. The standard InChI is InChI=1S/C32H30N4O5S/c1-4-41-32(39)22-13-15-23(16-14-22)36-30(38)28-20(2)34-31(26(18-33)29(28)21-9-6-5-7-10-21)42-19-27(37)35-24-11-8-12-25(17-24)40-3/h5-17,29,34H,4,19H2,1-3H3,(H,35,37)(H,36,38)/t29-/m0/s1. The van der Waals surface area contributed by atoms with Crippen LogP contribution < -0.4 is 20.7 Å². The predicted molar refractivity (Wildman–Crippen MR) is 163 cm³/mol. The van der Waals surface area contributed by atoms with Crippen LogP contribution in [0.3, 0.4) is 0 Å². The molecule has 0 bridgehead atoms. The normalized spacial score (nSPS) is 14.4. The second-order valence-corrected chi connectivity index (χ2v) is 10.2. The van der Waals surface area contributed by atoms with Gasteiger partial charge in [-0.25, -0.2) is 4.79 Å². The van der Waals surface area contributed by atoms with Crippen LogP contribution in [0.2, 0.25) is 0 Å². The van der Waals surface area contributed by atoms with E-state index < -0.39 is 17.8 Å². The number of hydrogen-bond acceptors (Lipinski definition) is 8. The van der Waals surface area contributed by atoms with Gasteiger partial charge in [0.15, 0.2) is 0 Å². The molecule has 3 aromatic carbocycles. The topological polar surface area (TPSA) is 130 Å². The Kier molecular flexibility index (Phi) is 10.0. The summed E-state index contributed by atoms with van der Waals surface area (Å²) in [6.45, 7) is 3.76. The third-order valence-corrected chi connectivity index (χ3v) is 7.40. The first-order valence-corrected chi connectivity index (χ1v) is 14.1. The highest BCUT2D eigenvalue weighted by Crippen LogP contribution is 2.41. The van der Waals surface area contributed by atoms with Crippen molar-refractivity contribution in [3.05, 3.63) is 112 Å². The number of methoxy groups -OCH3 is 1. The molecule has 0 spiro atoms. The van der Waals surface area contributed by atoms with Crippen LogP contribution in [-0.2, 0) is 14.3 Å². The highest BCUT2D eigenvalue weighted by atomic mass is 32.2. The average Bonchev–Trinajstić information content (AvgIpc) is 3.00. The molecule has 0 saturated heterocycles. The van der Waals surface area contributed by atoms with Crippen molar-refractivity contribution in [3.8, 4) is 11.8 Å². The number of rotatable bonds is 10. The molecule has 1 atom stereocenters. The molecule has 42 heavy (non-hydrogen) atoms. The van der Waals surface area contributed by atoms with Gasteiger partial charge in [-0.3, -0.25) is 9.59 Å². The lowest BCUT2D eigenvalue weighted by atomic mass is 9.82. The Morgan fingerprint density at radius 1 is 0.976 bits per heavy atom. The summed E-state index contributed by atoms with van der Waals surface area (Å²) in [5.41, 5.74) is 3.47. The van der Waals surface area contributed by atoms with E-state index in [0.717, 1.165) is 5.56 Å². The number of nitriles is 1. The van der Waals surface area contributed by atoms with Crippen molar-refractivity contribution in [2.24, 2.45) is 0 Å². The number of nitrogens with one attached hydrogen (secondary N) is 3. The first-order valence-electron chi connectivity index (χ1n) is 13.2. The summed E-state index contributed by atoms with van der Waals surface area (Å²) in [6, 6.07) is 25.0. The summed E-state index contributed by atoms with van der Waals surface area (Å²) >= 11 is 1.19. The number of benzene rings is 3. The third kappa shape index (κ3) is 7.19. The molecule has 0 aromatic heterocycles. The van der Waals surface area contributed by atoms with Gasteiger partial charge in [0, 0.05) is 28.7 Å². The predicted octanol–water partition coefficient (Wildman–Crippen LogP) is 5.58. The van der Waals surface area contributed by atoms with E-state index in [1.165, 1.54) is 11.8 Å². The van der Waals surface area contributed by atoms with Gasteiger partial charge in [-0.1, -0.05) is 48.2 Å². The Morgan fingerprint density at radius 3 is 2.38 bits per heavy atom. The van der Waals surface area contributed by atoms with E-state index in [9.17, 15) is 19.6 Å². The number of esters is 1. The molecule has 0 saturated carbocycles. The van der Waals surface area contributed by atoms with Crippen molar-refractivity contribution in [2.45, 2.75) is 19.8 Å². The summed E-state index contributed by atoms with van der Waals surface area (Å²) in [5.74, 6) is -1.11. The molecule has 1 aliphatic heterocycles. The van der Waals surface area contributed by atoms with Gasteiger partial charge in [-0.05, 0) is 55.8 Å². The van der Waals surface area contributed by atoms with Crippen LogP contribution in [-0.4, -0.2) is 37.3 Å². The Balaban J connectivity index is 1.56. The van der Waals surface area contributed by atoms with Crippen LogP contribution in [0.1, 0.15) is 35.7 Å². The zero-order chi connectivity index (χ0) is 30.1. The van der Waals surface area contributed by atoms with Gasteiger partial charge in [-0.15, -0.1) is 0 Å². The minimum atomic E-state index is -0.666. The van der Waals surface area contributed by atoms with Crippen LogP contribution in [0.25, 0.3) is 0 Å². The monoisotopic (exact) mass is 582 g/mol. The van der Waals surface area contributed by atoms with E-state index >= 15 is 0 Å². The van der Waals surface area contributed by atoms with Crippen LogP contribution >= 0.6 is 11.8 Å². The van der Waals surface area contributed by atoms with E-state index in [1.807, 2.05) is 30.3 Å². The highest BCUT2D eigenvalue weighted by Gasteiger charge is 2.34. The molecule has 0 unspecified atom stereocenters. The number of carbonyl (C=O) groups excluding carboxylic acids is 3. The summed E-state index contributed by atoms with van der Waals surface area (Å²) in [5, 5.41) is 19.7. The van der Waals surface area contributed by atoms with Crippen molar-refractivity contribution >= 4 is 40.9 Å². The van der Waals surface area contributed by atoms with Gasteiger partial charge in [-0.2, -0.15) is 5.26 Å². The number of hydrogen-bond donors (Lipinski definition) is 3. The third-order valence-electron chi connectivity index (χ3n) is 6.38. The summed E-state index contributed by atoms with van der Waals surface area (Å²) in [7, 11) is 1.55. The van der Waals surface area contributed by atoms with Crippen molar-refractivity contribution in [2.75, 3.05) is 30.1 Å². The molecule has 9 nitrogen and oxygen atoms in total. The number of thioether (sulfide) groups is 1. The molecular weight excluding hydrogens is 552 g/mol. The summed E-state index contributed by atoms with van der Waals surface area (Å²) in [4.78, 5) is 38.4. The fourth-order valence-electron chi connectivity index (χ4n) is 4.44. The van der Waals surface area contributed by atoms with E-state index in [-0.39, 0.29) is 18.3 Å². The van der Waals surface area contributed by atoms with Crippen molar-refractivity contribution in [3.63, 3.8) is 0 Å². The fourth-order valence-corrected chi connectivity index (χ4v) is 5.34. The van der Waals surface area contributed by atoms with E-state index in [0.29, 0.717) is 44.6 Å². The number of anilines is 2. The Morgan fingerprint density at radius 2 is 1.71 bits per heavy atom. The number of carbonyl (C=O) groups is 3. The average molecular weight is 583 g/mol. The number of amides is 2. The molecule has 1 aliphatic rings. The lowest BCUT2D eigenvalue weighted by molar-refractivity contribution is -0.114. The lowest BCUT2D eigenvalue weighted by Gasteiger charge is -2.30. The van der Waals surface area contributed by atoms with Crippen molar-refractivity contribution in [1.29, 1.82) is 5.26 Å². The van der Waals surface area contributed by atoms with E-state index in [2.05, 4.69) is 22.0 Å². The number of nitrogens with zero attached hydrogens (tertiary/aromatic N) is 1. The molecule has 1 heterocycles. The van der Waals surface area contributed by atoms with Gasteiger partial charge in [0.1, 0.15) is 5.75 Å². The van der Waals surface area contributed by atoms with E-state index in [1.54, 1.807) is 69.5 Å². The lowest BCUT2D eigenvalue weighted by Crippen LogP contribution is -2.31. The number of dihydropyridines is 1. The van der Waals surface area contributed by atoms with Gasteiger partial charge >= 0.3 is 5.97 Å². The van der Waals surface area contributed by atoms with Crippen LogP contribution in [0, 0.1) is 11.3 Å². The van der Waals surface area contributed by atoms with E-state index in [4.69, 9.17) is 9.47 Å². The summed E-state index contributed by atoms with van der Waals surface area (Å²) in [6.07, 6.45) is 0. The molecular formula is C32H30N4O5S. The fraction of sp³-hybridized carbons (Fsp3) is 0.188. The molecule has 2 amide bonds. The molecule has 0 fully saturated rings. The maximum absolute atomic E-state index is 13.7. The Bertz CT molecular complexity index is 1580. The van der Waals surface area contributed by atoms with Crippen LogP contribution in [0.15, 0.2) is 101 Å². The maximum atomic E-state index is 13.7. The van der Waals surface area contributed by atoms with Gasteiger partial charge in [0.25, 0.3) is 5.91 Å². The molecule has 0 aliphatic carbocycles. The van der Waals surface area contributed by atoms with Crippen molar-refractivity contribution in [1.82, 2.24) is 5.32 Å². The second-order valence-electron chi connectivity index (χ2n) is 9.18. The minimum Gasteiger partial charge on any atom is -0.497 e. The van der Waals surface area contributed by atoms with Gasteiger partial charge < -0.3 is 25.4 Å². The van der Waals surface area contributed by atoms with Gasteiger partial charge in [0.05, 0.1) is 47.6 Å². The first-order chi connectivity index (χ1) is 20.3. The quantitative estimate of drug-likeness (QED) is 0.264. The number of ether oxygens (including phenoxy) is 2. The molecule has 3 N–H and O–H groups in total. The molecule has 0 radical (unpaired) electrons. The van der Waals surface area contributed by atoms with Crippen molar-refractivity contribution < 1.29 is 23.9 Å². The zero-order valence-electron chi connectivity index (χ0n) is 23.4. The SMILES string of the molecule is CCOC(=O)c1ccc(NC(=O)C2=C(C)NC(SCC(=O)Nc3cccc(OC)c3)=C(C#N)[C@@H]2c2ccccc2)cc1. The molecule has 3 aromatic rings. The largest absolute Gasteiger partial charge is 0.497 e. The van der Waals surface area contributed by atoms with Gasteiger partial charge in [0.2, 0.25) is 5.91 Å². The Labute approximate surface area is 248 Å². The minimum absolute atomic E-state index is 0.0356. The second kappa shape index (κ2) is 14.1. The molecule has 214 valence electrons. The smallest absolute Gasteiger partial charge is 0.338 e. The molecule has 10 heteroatoms. The first kappa shape index (κ1) is 30.0. The van der Waals surface area contributed by atoms with Crippen LogP contribution in [0.4, 0.5) is 11.4 Å². The highest BCUT2D eigenvalue weighted by molar-refractivity contribution is 8.03. The molecule has 4 rings (SSSR count). The summed E-state index contributed by atoms with van der Waals surface area (Å²) < 4.78 is 10.2. The van der Waals surface area contributed by atoms with Crippen LogP contribution in [0.5, 0.6) is 5.75 Å². The number of allylic oxidation sites excluding steroid dienone is 2.